The molecule has 0 unspecified atom stereocenters. The maximum Gasteiger partial charge on any atom is 0.429 e. The van der Waals surface area contributed by atoms with E-state index >= 15 is 0 Å². The van der Waals surface area contributed by atoms with Crippen LogP contribution in [0.25, 0.3) is 0 Å². The van der Waals surface area contributed by atoms with Crippen LogP contribution < -0.4 is 4.90 Å². The van der Waals surface area contributed by atoms with Gasteiger partial charge in [0, 0.05) is 23.8 Å². The fourth-order valence-corrected chi connectivity index (χ4v) is 2.81. The third kappa shape index (κ3) is 6.54. The number of carbonyl (C=O) groups excluding carboxylic acids is 2. The van der Waals surface area contributed by atoms with E-state index in [1.54, 1.807) is 47.7 Å². The van der Waals surface area contributed by atoms with Crippen LogP contribution in [0.4, 0.5) is 15.4 Å². The summed E-state index contributed by atoms with van der Waals surface area (Å²) in [6.45, 7) is 12.3. The Morgan fingerprint density at radius 3 is 1.71 bits per heavy atom. The number of halogens is 1. The molecule has 1 aromatic heterocycles. The molecule has 1 saturated heterocycles. The van der Waals surface area contributed by atoms with E-state index in [4.69, 9.17) is 9.47 Å². The van der Waals surface area contributed by atoms with Gasteiger partial charge in [-0.3, -0.25) is 0 Å². The van der Waals surface area contributed by atoms with E-state index in [-0.39, 0.29) is 13.1 Å². The molecule has 1 aliphatic heterocycles. The normalized spacial score (nSPS) is 15.9. The molecule has 8 nitrogen and oxygen atoms in total. The van der Waals surface area contributed by atoms with E-state index in [9.17, 15) is 9.59 Å². The molecule has 0 atom stereocenters. The molecule has 1 fully saturated rings. The predicted octanol–water partition coefficient (Wildman–Crippen LogP) is 4.05. The highest BCUT2D eigenvalue weighted by atomic mass is 79.9. The molecular formula is C19H29BrN4O4. The average molecular weight is 457 g/mol. The average Bonchev–Trinajstić information content (AvgIpc) is 2.75. The van der Waals surface area contributed by atoms with E-state index in [1.165, 1.54) is 10.0 Å². The maximum atomic E-state index is 12.7. The van der Waals surface area contributed by atoms with Crippen LogP contribution >= 0.6 is 15.9 Å². The van der Waals surface area contributed by atoms with E-state index < -0.39 is 23.4 Å². The summed E-state index contributed by atoms with van der Waals surface area (Å²) in [7, 11) is 0. The van der Waals surface area contributed by atoms with Gasteiger partial charge in [-0.1, -0.05) is 0 Å². The molecule has 0 aliphatic carbocycles. The fraction of sp³-hybridized carbons (Fsp3) is 0.632. The summed E-state index contributed by atoms with van der Waals surface area (Å²) < 4.78 is 11.9. The summed E-state index contributed by atoms with van der Waals surface area (Å²) in [4.78, 5) is 31.9. The largest absolute Gasteiger partial charge is 0.442 e. The third-order valence-corrected chi connectivity index (χ3v) is 4.17. The van der Waals surface area contributed by atoms with E-state index in [2.05, 4.69) is 20.9 Å². The molecular weight excluding hydrogens is 428 g/mol. The molecule has 0 saturated carbocycles. The lowest BCUT2D eigenvalue weighted by atomic mass is 10.2. The molecule has 0 radical (unpaired) electrons. The number of amides is 2. The van der Waals surface area contributed by atoms with Gasteiger partial charge in [-0.25, -0.2) is 24.6 Å². The van der Waals surface area contributed by atoms with Gasteiger partial charge in [-0.05, 0) is 69.6 Å². The summed E-state index contributed by atoms with van der Waals surface area (Å²) in [5.41, 5.74) is -1.34. The molecule has 0 aromatic carbocycles. The molecule has 0 bridgehead atoms. The molecule has 2 rings (SSSR count). The molecule has 1 aliphatic rings. The summed E-state index contributed by atoms with van der Waals surface area (Å²) in [6, 6.07) is 3.80. The van der Waals surface area contributed by atoms with Gasteiger partial charge >= 0.3 is 12.2 Å². The number of hydrogen-bond acceptors (Lipinski definition) is 6. The Morgan fingerprint density at radius 1 is 0.893 bits per heavy atom. The summed E-state index contributed by atoms with van der Waals surface area (Å²) in [6.07, 6.45) is 0.560. The molecule has 0 spiro atoms. The van der Waals surface area contributed by atoms with Crippen LogP contribution in [0, 0.1) is 0 Å². The number of pyridine rings is 1. The standard InChI is InChI=1S/C19H29BrN4O4/c1-18(2,3)27-16(25)23-11-9-22(15-8-7-14(20)13-21-15)10-12-24(23)17(26)28-19(4,5)6/h7-8,13H,9-12H2,1-6H3. The Kier molecular flexibility index (Phi) is 6.80. The second kappa shape index (κ2) is 8.55. The topological polar surface area (TPSA) is 75.2 Å². The van der Waals surface area contributed by atoms with Crippen molar-refractivity contribution < 1.29 is 19.1 Å². The first-order valence-corrected chi connectivity index (χ1v) is 10.0. The maximum absolute atomic E-state index is 12.7. The van der Waals surface area contributed by atoms with Crippen molar-refractivity contribution in [2.24, 2.45) is 0 Å². The smallest absolute Gasteiger partial charge is 0.429 e. The molecule has 28 heavy (non-hydrogen) atoms. The monoisotopic (exact) mass is 456 g/mol. The number of hydrogen-bond donors (Lipinski definition) is 0. The molecule has 0 N–H and O–H groups in total. The van der Waals surface area contributed by atoms with Crippen molar-refractivity contribution in [1.82, 2.24) is 15.0 Å². The van der Waals surface area contributed by atoms with Crippen molar-refractivity contribution >= 4 is 33.9 Å². The molecule has 9 heteroatoms. The van der Waals surface area contributed by atoms with Crippen LogP contribution in [0.3, 0.4) is 0 Å². The zero-order chi connectivity index (χ0) is 21.1. The van der Waals surface area contributed by atoms with Crippen LogP contribution in [0.1, 0.15) is 41.5 Å². The van der Waals surface area contributed by atoms with Crippen molar-refractivity contribution in [3.05, 3.63) is 22.8 Å². The van der Waals surface area contributed by atoms with Gasteiger partial charge in [-0.2, -0.15) is 0 Å². The first-order chi connectivity index (χ1) is 12.9. The quantitative estimate of drug-likeness (QED) is 0.634. The third-order valence-electron chi connectivity index (χ3n) is 3.70. The predicted molar refractivity (Wildman–Crippen MR) is 110 cm³/mol. The van der Waals surface area contributed by atoms with Crippen molar-refractivity contribution in [3.63, 3.8) is 0 Å². The Morgan fingerprint density at radius 2 is 1.36 bits per heavy atom. The zero-order valence-corrected chi connectivity index (χ0v) is 18.9. The van der Waals surface area contributed by atoms with Gasteiger partial charge in [0.15, 0.2) is 0 Å². The van der Waals surface area contributed by atoms with Gasteiger partial charge in [0.05, 0.1) is 13.1 Å². The van der Waals surface area contributed by atoms with Gasteiger partial charge in [0.25, 0.3) is 0 Å². The van der Waals surface area contributed by atoms with Gasteiger partial charge in [0.1, 0.15) is 17.0 Å². The number of aromatic nitrogens is 1. The summed E-state index contributed by atoms with van der Waals surface area (Å²) >= 11 is 3.38. The minimum atomic E-state index is -0.671. The summed E-state index contributed by atoms with van der Waals surface area (Å²) in [5, 5.41) is 2.64. The lowest BCUT2D eigenvalue weighted by Crippen LogP contribution is -2.53. The van der Waals surface area contributed by atoms with Crippen LogP contribution in [0.2, 0.25) is 0 Å². The van der Waals surface area contributed by atoms with Crippen molar-refractivity contribution in [1.29, 1.82) is 0 Å². The van der Waals surface area contributed by atoms with Crippen LogP contribution in [0.15, 0.2) is 22.8 Å². The van der Waals surface area contributed by atoms with E-state index in [0.717, 1.165) is 10.3 Å². The lowest BCUT2D eigenvalue weighted by Gasteiger charge is -2.35. The first-order valence-electron chi connectivity index (χ1n) is 9.23. The van der Waals surface area contributed by atoms with Crippen LogP contribution in [-0.2, 0) is 9.47 Å². The van der Waals surface area contributed by atoms with E-state index in [0.29, 0.717) is 13.1 Å². The number of carbonyl (C=O) groups is 2. The Labute approximate surface area is 174 Å². The highest BCUT2D eigenvalue weighted by Gasteiger charge is 2.35. The van der Waals surface area contributed by atoms with Crippen molar-refractivity contribution in [2.45, 2.75) is 52.7 Å². The highest BCUT2D eigenvalue weighted by molar-refractivity contribution is 9.10. The SMILES string of the molecule is CC(C)(C)OC(=O)N1CCN(c2ccc(Br)cn2)CCN1C(=O)OC(C)(C)C. The second-order valence-corrected chi connectivity index (χ2v) is 9.44. The highest BCUT2D eigenvalue weighted by Crippen LogP contribution is 2.20. The van der Waals surface area contributed by atoms with Crippen LogP contribution in [0.5, 0.6) is 0 Å². The molecule has 2 amide bonds. The molecule has 1 aromatic rings. The molecule has 2 heterocycles. The summed E-state index contributed by atoms with van der Waals surface area (Å²) in [5.74, 6) is 0.776. The Balaban J connectivity index is 2.23. The van der Waals surface area contributed by atoms with Gasteiger partial charge in [-0.15, -0.1) is 0 Å². The van der Waals surface area contributed by atoms with Crippen LogP contribution in [-0.4, -0.2) is 64.6 Å². The number of nitrogens with zero attached hydrogens (tertiary/aromatic N) is 4. The lowest BCUT2D eigenvalue weighted by molar-refractivity contribution is -0.0572. The number of rotatable bonds is 1. The minimum Gasteiger partial charge on any atom is -0.442 e. The fourth-order valence-electron chi connectivity index (χ4n) is 2.58. The molecule has 156 valence electrons. The first kappa shape index (κ1) is 22.3. The second-order valence-electron chi connectivity index (χ2n) is 8.53. The van der Waals surface area contributed by atoms with Crippen molar-refractivity contribution in [2.75, 3.05) is 31.1 Å². The number of hydrazine groups is 1. The zero-order valence-electron chi connectivity index (χ0n) is 17.4. The Hall–Kier alpha value is -2.03. The van der Waals surface area contributed by atoms with E-state index in [1.807, 2.05) is 17.0 Å². The van der Waals surface area contributed by atoms with Gasteiger partial charge in [0.2, 0.25) is 0 Å². The minimum absolute atomic E-state index is 0.270. The Bertz CT molecular complexity index is 659. The van der Waals surface area contributed by atoms with Gasteiger partial charge < -0.3 is 14.4 Å². The van der Waals surface area contributed by atoms with Crippen molar-refractivity contribution in [3.8, 4) is 0 Å². The number of ether oxygens (including phenoxy) is 2. The number of anilines is 1.